The van der Waals surface area contributed by atoms with E-state index in [1.165, 1.54) is 30.3 Å². The molecule has 11 heteroatoms. The van der Waals surface area contributed by atoms with Crippen LogP contribution in [0.4, 0.5) is 4.79 Å². The van der Waals surface area contributed by atoms with Crippen molar-refractivity contribution in [2.24, 2.45) is 0 Å². The van der Waals surface area contributed by atoms with E-state index in [0.29, 0.717) is 18.7 Å². The molecule has 190 valence electrons. The number of benzene rings is 2. The van der Waals surface area contributed by atoms with E-state index in [4.69, 9.17) is 8.92 Å². The van der Waals surface area contributed by atoms with E-state index in [9.17, 15) is 22.8 Å². The maximum absolute atomic E-state index is 12.9. The summed E-state index contributed by atoms with van der Waals surface area (Å²) < 4.78 is 36.1. The molecule has 0 radical (unpaired) electrons. The Morgan fingerprint density at radius 2 is 1.75 bits per heavy atom. The van der Waals surface area contributed by atoms with Crippen LogP contribution in [0.2, 0.25) is 0 Å². The van der Waals surface area contributed by atoms with Crippen LogP contribution in [0, 0.1) is 0 Å². The number of hydrogen-bond acceptors (Lipinski definition) is 8. The highest BCUT2D eigenvalue weighted by atomic mass is 32.2. The minimum absolute atomic E-state index is 0.00177. The van der Waals surface area contributed by atoms with E-state index in [-0.39, 0.29) is 40.4 Å². The third-order valence-corrected chi connectivity index (χ3v) is 7.83. The van der Waals surface area contributed by atoms with Crippen molar-refractivity contribution in [1.82, 2.24) is 9.80 Å². The van der Waals surface area contributed by atoms with Gasteiger partial charge in [0.2, 0.25) is 5.91 Å². The number of ether oxygens (including phenoxy) is 1. The van der Waals surface area contributed by atoms with Crippen LogP contribution in [0.3, 0.4) is 0 Å². The summed E-state index contributed by atoms with van der Waals surface area (Å²) in [5.41, 5.74) is 0.510. The Morgan fingerprint density at radius 3 is 2.44 bits per heavy atom. The van der Waals surface area contributed by atoms with Gasteiger partial charge in [0.1, 0.15) is 11.4 Å². The second kappa shape index (κ2) is 11.2. The first-order valence-electron chi connectivity index (χ1n) is 11.6. The molecule has 2 fully saturated rings. The quantitative estimate of drug-likeness (QED) is 0.373. The minimum atomic E-state index is -4.07. The largest absolute Gasteiger partial charge is 0.490 e. The third kappa shape index (κ3) is 5.90. The lowest BCUT2D eigenvalue weighted by molar-refractivity contribution is -0.136. The molecule has 0 spiro atoms. The standard InChI is InChI=1S/C25H26N2O7S2/c1-2-33-21-15-18(11-12-20(21)34-36(31,32)19-9-5-3-6-10-19)16-22-24(29)27(25(30)35-22)17-23(28)26-13-7-4-8-14-26/h3,5-6,9-12,15-16H,2,4,7-8,13-14,17H2,1H3/b22-16-. The lowest BCUT2D eigenvalue weighted by Gasteiger charge is -2.27. The van der Waals surface area contributed by atoms with Crippen LogP contribution in [0.5, 0.6) is 11.5 Å². The number of carbonyl (C=O) groups is 3. The van der Waals surface area contributed by atoms with Crippen molar-refractivity contribution < 1.29 is 31.7 Å². The maximum atomic E-state index is 12.9. The molecule has 2 saturated heterocycles. The number of hydrogen-bond donors (Lipinski definition) is 0. The van der Waals surface area contributed by atoms with Crippen LogP contribution < -0.4 is 8.92 Å². The number of carbonyl (C=O) groups excluding carboxylic acids is 3. The van der Waals surface area contributed by atoms with Crippen LogP contribution in [0.25, 0.3) is 6.08 Å². The van der Waals surface area contributed by atoms with Crippen molar-refractivity contribution in [2.45, 2.75) is 31.1 Å². The molecule has 4 rings (SSSR count). The lowest BCUT2D eigenvalue weighted by atomic mass is 10.1. The van der Waals surface area contributed by atoms with Gasteiger partial charge in [-0.25, -0.2) is 0 Å². The highest BCUT2D eigenvalue weighted by Gasteiger charge is 2.37. The fourth-order valence-electron chi connectivity index (χ4n) is 3.87. The monoisotopic (exact) mass is 530 g/mol. The van der Waals surface area contributed by atoms with Gasteiger partial charge in [-0.2, -0.15) is 8.42 Å². The molecule has 0 aromatic heterocycles. The summed E-state index contributed by atoms with van der Waals surface area (Å²) in [5, 5.41) is -0.504. The van der Waals surface area contributed by atoms with Gasteiger partial charge in [-0.15, -0.1) is 0 Å². The molecule has 9 nitrogen and oxygen atoms in total. The van der Waals surface area contributed by atoms with Crippen molar-refractivity contribution in [2.75, 3.05) is 26.2 Å². The summed E-state index contributed by atoms with van der Waals surface area (Å²) >= 11 is 0.756. The first-order valence-corrected chi connectivity index (χ1v) is 13.8. The van der Waals surface area contributed by atoms with E-state index in [1.807, 2.05) is 0 Å². The first-order chi connectivity index (χ1) is 17.3. The molecule has 2 heterocycles. The number of imide groups is 1. The molecule has 0 atom stereocenters. The predicted octanol–water partition coefficient (Wildman–Crippen LogP) is 3.90. The van der Waals surface area contributed by atoms with Crippen molar-refractivity contribution in [3.05, 3.63) is 59.0 Å². The van der Waals surface area contributed by atoms with Gasteiger partial charge >= 0.3 is 10.1 Å². The van der Waals surface area contributed by atoms with Crippen LogP contribution in [-0.4, -0.2) is 61.5 Å². The zero-order valence-corrected chi connectivity index (χ0v) is 21.3. The van der Waals surface area contributed by atoms with E-state index >= 15 is 0 Å². The number of thioether (sulfide) groups is 1. The van der Waals surface area contributed by atoms with Crippen LogP contribution in [0.15, 0.2) is 58.3 Å². The Labute approximate surface area is 214 Å². The Kier molecular flexibility index (Phi) is 8.00. The zero-order chi connectivity index (χ0) is 25.7. The molecule has 3 amide bonds. The smallest absolute Gasteiger partial charge is 0.339 e. The Balaban J connectivity index is 1.52. The van der Waals surface area contributed by atoms with Gasteiger partial charge < -0.3 is 13.8 Å². The summed E-state index contributed by atoms with van der Waals surface area (Å²) in [4.78, 5) is 40.7. The second-order valence-electron chi connectivity index (χ2n) is 8.20. The van der Waals surface area contributed by atoms with E-state index in [0.717, 1.165) is 35.9 Å². The Morgan fingerprint density at radius 1 is 1.03 bits per heavy atom. The van der Waals surface area contributed by atoms with Gasteiger partial charge in [0.25, 0.3) is 11.1 Å². The summed E-state index contributed by atoms with van der Waals surface area (Å²) in [5.74, 6) is -0.610. The Hall–Kier alpha value is -3.31. The zero-order valence-electron chi connectivity index (χ0n) is 19.7. The van der Waals surface area contributed by atoms with Gasteiger partial charge in [0.05, 0.1) is 11.5 Å². The van der Waals surface area contributed by atoms with Crippen molar-refractivity contribution in [3.63, 3.8) is 0 Å². The summed E-state index contributed by atoms with van der Waals surface area (Å²) in [6, 6.07) is 12.3. The molecule has 0 saturated carbocycles. The van der Waals surface area contributed by atoms with Gasteiger partial charge in [0.15, 0.2) is 11.5 Å². The molecule has 0 bridgehead atoms. The fourth-order valence-corrected chi connectivity index (χ4v) is 5.67. The molecular weight excluding hydrogens is 504 g/mol. The molecule has 2 aromatic carbocycles. The average Bonchev–Trinajstić information content (AvgIpc) is 3.14. The highest BCUT2D eigenvalue weighted by Crippen LogP contribution is 2.35. The SMILES string of the molecule is CCOc1cc(/C=C2\SC(=O)N(CC(=O)N3CCCCC3)C2=O)ccc1OS(=O)(=O)c1ccccc1. The Bertz CT molecular complexity index is 1290. The van der Waals surface area contributed by atoms with Gasteiger partial charge in [-0.1, -0.05) is 24.3 Å². The lowest BCUT2D eigenvalue weighted by Crippen LogP contribution is -2.44. The van der Waals surface area contributed by atoms with Crippen LogP contribution in [0.1, 0.15) is 31.7 Å². The fraction of sp³-hybridized carbons (Fsp3) is 0.320. The average molecular weight is 531 g/mol. The van der Waals surface area contributed by atoms with E-state index in [1.54, 1.807) is 36.1 Å². The van der Waals surface area contributed by atoms with Gasteiger partial charge in [-0.05, 0) is 73.9 Å². The highest BCUT2D eigenvalue weighted by molar-refractivity contribution is 8.18. The molecule has 0 N–H and O–H groups in total. The number of rotatable bonds is 8. The van der Waals surface area contributed by atoms with Crippen molar-refractivity contribution in [3.8, 4) is 11.5 Å². The van der Waals surface area contributed by atoms with Crippen molar-refractivity contribution in [1.29, 1.82) is 0 Å². The minimum Gasteiger partial charge on any atom is -0.490 e. The molecule has 2 aliphatic rings. The molecular formula is C25H26N2O7S2. The number of likely N-dealkylation sites (tertiary alicyclic amines) is 1. The third-order valence-electron chi connectivity index (χ3n) is 5.67. The van der Waals surface area contributed by atoms with E-state index < -0.39 is 21.3 Å². The molecule has 0 aliphatic carbocycles. The van der Waals surface area contributed by atoms with E-state index in [2.05, 4.69) is 0 Å². The first kappa shape index (κ1) is 25.8. The topological polar surface area (TPSA) is 110 Å². The molecule has 36 heavy (non-hydrogen) atoms. The van der Waals surface area contributed by atoms with Gasteiger partial charge in [-0.3, -0.25) is 19.3 Å². The van der Waals surface area contributed by atoms with Crippen LogP contribution >= 0.6 is 11.8 Å². The molecule has 2 aliphatic heterocycles. The summed E-state index contributed by atoms with van der Waals surface area (Å²) in [7, 11) is -4.07. The number of piperidine rings is 1. The second-order valence-corrected chi connectivity index (χ2v) is 10.7. The van der Waals surface area contributed by atoms with Crippen LogP contribution in [-0.2, 0) is 19.7 Å². The maximum Gasteiger partial charge on any atom is 0.339 e. The summed E-state index contributed by atoms with van der Waals surface area (Å²) in [6.07, 6.45) is 4.41. The van der Waals surface area contributed by atoms with Crippen molar-refractivity contribution >= 4 is 45.0 Å². The number of amides is 3. The van der Waals surface area contributed by atoms with Gasteiger partial charge in [0, 0.05) is 13.1 Å². The normalized spacial score (nSPS) is 17.5. The summed E-state index contributed by atoms with van der Waals surface area (Å²) in [6.45, 7) is 2.99. The predicted molar refractivity (Wildman–Crippen MR) is 135 cm³/mol. The number of nitrogens with zero attached hydrogens (tertiary/aromatic N) is 2. The molecule has 0 unspecified atom stereocenters. The molecule has 2 aromatic rings.